The van der Waals surface area contributed by atoms with Crippen LogP contribution in [0.15, 0.2) is 36.5 Å². The lowest BCUT2D eigenvalue weighted by atomic mass is 10.0. The number of hydrogen-bond acceptors (Lipinski definition) is 5. The van der Waals surface area contributed by atoms with Crippen molar-refractivity contribution in [2.24, 2.45) is 0 Å². The lowest BCUT2D eigenvalue weighted by Crippen LogP contribution is -2.46. The molecule has 0 aromatic carbocycles. The highest BCUT2D eigenvalue weighted by Gasteiger charge is 2.28. The summed E-state index contributed by atoms with van der Waals surface area (Å²) < 4.78 is 23.8. The number of unbranched alkanes of at least 4 members (excludes halogenated alkanes) is 39. The summed E-state index contributed by atoms with van der Waals surface area (Å²) in [6, 6.07) is -0.769. The van der Waals surface area contributed by atoms with Crippen LogP contribution < -0.4 is 5.32 Å². The molecule has 0 rings (SSSR count). The average Bonchev–Trinajstić information content (AvgIpc) is 3.34. The Bertz CT molecular complexity index is 1270. The zero-order chi connectivity index (χ0) is 52.7. The number of nitrogens with zero attached hydrogens (tertiary/aromatic N) is 1. The Balaban J connectivity index is 4.10. The normalized spacial score (nSPS) is 14.0. The highest BCUT2D eigenvalue weighted by molar-refractivity contribution is 7.47. The fourth-order valence-electron chi connectivity index (χ4n) is 9.47. The summed E-state index contributed by atoms with van der Waals surface area (Å²) in [6.07, 6.45) is 70.7. The summed E-state index contributed by atoms with van der Waals surface area (Å²) in [5.74, 6) is -0.153. The Kier molecular flexibility index (Phi) is 53.5. The van der Waals surface area contributed by atoms with Gasteiger partial charge in [-0.25, -0.2) is 4.57 Å². The van der Waals surface area contributed by atoms with E-state index >= 15 is 0 Å². The molecule has 0 radical (unpaired) electrons. The van der Waals surface area contributed by atoms with E-state index in [4.69, 9.17) is 9.05 Å². The first kappa shape index (κ1) is 70.7. The maximum atomic E-state index is 13.0. The van der Waals surface area contributed by atoms with E-state index in [0.29, 0.717) is 23.9 Å². The fourth-order valence-corrected chi connectivity index (χ4v) is 10.2. The number of amides is 1. The molecule has 3 unspecified atom stereocenters. The van der Waals surface area contributed by atoms with Crippen molar-refractivity contribution in [2.75, 3.05) is 40.9 Å². The molecule has 0 aliphatic carbocycles. The molecular formula is C63H124N2O6P+. The maximum absolute atomic E-state index is 13.0. The van der Waals surface area contributed by atoms with Crippen molar-refractivity contribution in [3.8, 4) is 0 Å². The van der Waals surface area contributed by atoms with Gasteiger partial charge in [-0.15, -0.1) is 0 Å². The molecular weight excluding hydrogens is 912 g/mol. The van der Waals surface area contributed by atoms with E-state index in [9.17, 15) is 19.4 Å². The van der Waals surface area contributed by atoms with Gasteiger partial charge in [-0.1, -0.05) is 288 Å². The second-order valence-corrected chi connectivity index (χ2v) is 24.2. The largest absolute Gasteiger partial charge is 0.472 e. The molecule has 72 heavy (non-hydrogen) atoms. The summed E-state index contributed by atoms with van der Waals surface area (Å²) in [5, 5.41) is 14.1. The molecule has 426 valence electrons. The van der Waals surface area contributed by atoms with Crippen LogP contribution in [0, 0.1) is 0 Å². The van der Waals surface area contributed by atoms with E-state index in [1.807, 2.05) is 21.1 Å². The Morgan fingerprint density at radius 1 is 0.472 bits per heavy atom. The number of aliphatic hydroxyl groups excluding tert-OH is 1. The van der Waals surface area contributed by atoms with E-state index < -0.39 is 20.0 Å². The van der Waals surface area contributed by atoms with Gasteiger partial charge in [-0.05, 0) is 51.4 Å². The minimum Gasteiger partial charge on any atom is -0.391 e. The van der Waals surface area contributed by atoms with Gasteiger partial charge in [0.2, 0.25) is 5.91 Å². The number of allylic oxidation sites excluding steroid dienone is 6. The Morgan fingerprint density at radius 3 is 1.15 bits per heavy atom. The van der Waals surface area contributed by atoms with E-state index in [1.54, 1.807) is 0 Å². The van der Waals surface area contributed by atoms with Crippen LogP contribution in [0.3, 0.4) is 0 Å². The van der Waals surface area contributed by atoms with Gasteiger partial charge in [-0.3, -0.25) is 13.8 Å². The SMILES string of the molecule is CCCCCCC/C=C\C/C=C\C/C=C\CCCCCCCCC(=O)NC(COP(=O)(O)OCC[N+](C)(C)C)C(O)CCCCCCCCCCCCCCCCCCCCCCCCCCCCCCC. The van der Waals surface area contributed by atoms with Crippen molar-refractivity contribution >= 4 is 13.7 Å². The van der Waals surface area contributed by atoms with Crippen LogP contribution in [0.4, 0.5) is 0 Å². The first-order valence-corrected chi connectivity index (χ1v) is 32.8. The van der Waals surface area contributed by atoms with Gasteiger partial charge < -0.3 is 19.8 Å². The minimum absolute atomic E-state index is 0.0719. The summed E-state index contributed by atoms with van der Waals surface area (Å²) >= 11 is 0. The summed E-state index contributed by atoms with van der Waals surface area (Å²) in [5.41, 5.74) is 0. The van der Waals surface area contributed by atoms with Gasteiger partial charge in [-0.2, -0.15) is 0 Å². The van der Waals surface area contributed by atoms with Gasteiger partial charge in [0.25, 0.3) is 0 Å². The standard InChI is InChI=1S/C63H123N2O6P/c1-6-8-10-12-14-16-18-20-22-24-26-28-29-30-31-32-33-34-35-37-38-40-42-44-46-48-50-52-54-56-62(66)61(60-71-72(68,69)70-59-58-65(3,4)5)64-63(67)57-55-53-51-49-47-45-43-41-39-36-27-25-23-21-19-17-15-13-11-9-7-2/h19,21,25,27,39,41,61-62,66H,6-18,20,22-24,26,28-38,40,42-60H2,1-5H3,(H-,64,67,68,69)/p+1/b21-19-,27-25-,41-39-. The number of aliphatic hydroxyl groups is 1. The second kappa shape index (κ2) is 54.5. The lowest BCUT2D eigenvalue weighted by Gasteiger charge is -2.26. The number of phosphoric ester groups is 1. The first-order chi connectivity index (χ1) is 35.0. The van der Waals surface area contributed by atoms with Crippen LogP contribution in [0.1, 0.15) is 309 Å². The number of carbonyl (C=O) groups excluding carboxylic acids is 1. The molecule has 0 spiro atoms. The second-order valence-electron chi connectivity index (χ2n) is 22.8. The number of rotatable bonds is 58. The smallest absolute Gasteiger partial charge is 0.391 e. The predicted molar refractivity (Wildman–Crippen MR) is 314 cm³/mol. The van der Waals surface area contributed by atoms with Crippen molar-refractivity contribution in [1.29, 1.82) is 0 Å². The van der Waals surface area contributed by atoms with Crippen LogP contribution >= 0.6 is 7.82 Å². The average molecular weight is 1040 g/mol. The predicted octanol–water partition coefficient (Wildman–Crippen LogP) is 19.3. The number of likely N-dealkylation sites (N-methyl/N-ethyl adjacent to an activating group) is 1. The zero-order valence-electron chi connectivity index (χ0n) is 48.7. The minimum atomic E-state index is -4.33. The van der Waals surface area contributed by atoms with Gasteiger partial charge in [0.05, 0.1) is 39.9 Å². The van der Waals surface area contributed by atoms with Crippen LogP contribution in [-0.2, 0) is 18.4 Å². The van der Waals surface area contributed by atoms with Crippen LogP contribution in [0.25, 0.3) is 0 Å². The highest BCUT2D eigenvalue weighted by Crippen LogP contribution is 2.43. The van der Waals surface area contributed by atoms with Crippen molar-refractivity contribution in [2.45, 2.75) is 321 Å². The topological polar surface area (TPSA) is 105 Å². The van der Waals surface area contributed by atoms with E-state index in [2.05, 4.69) is 55.6 Å². The summed E-state index contributed by atoms with van der Waals surface area (Å²) in [7, 11) is 1.61. The van der Waals surface area contributed by atoms with Crippen LogP contribution in [0.2, 0.25) is 0 Å². The molecule has 0 heterocycles. The Labute approximate surface area is 448 Å². The molecule has 0 fully saturated rings. The molecule has 8 nitrogen and oxygen atoms in total. The van der Waals surface area contributed by atoms with Crippen LogP contribution in [-0.4, -0.2) is 73.4 Å². The van der Waals surface area contributed by atoms with Crippen molar-refractivity contribution < 1.29 is 32.9 Å². The van der Waals surface area contributed by atoms with Gasteiger partial charge in [0.15, 0.2) is 0 Å². The third kappa shape index (κ3) is 56.4. The van der Waals surface area contributed by atoms with Gasteiger partial charge in [0.1, 0.15) is 13.2 Å². The number of quaternary nitrogens is 1. The Hall–Kier alpha value is -1.28. The quantitative estimate of drug-likeness (QED) is 0.0243. The third-order valence-corrected chi connectivity index (χ3v) is 15.4. The molecule has 0 saturated carbocycles. The molecule has 0 bridgehead atoms. The number of phosphoric acid groups is 1. The van der Waals surface area contributed by atoms with Gasteiger partial charge >= 0.3 is 7.82 Å². The van der Waals surface area contributed by atoms with Crippen molar-refractivity contribution in [3.63, 3.8) is 0 Å². The molecule has 9 heteroatoms. The van der Waals surface area contributed by atoms with Crippen LogP contribution in [0.5, 0.6) is 0 Å². The fraction of sp³-hybridized carbons (Fsp3) is 0.889. The van der Waals surface area contributed by atoms with Gasteiger partial charge in [0, 0.05) is 6.42 Å². The molecule has 0 saturated heterocycles. The summed E-state index contributed by atoms with van der Waals surface area (Å²) in [6.45, 7) is 4.91. The molecule has 0 aliphatic rings. The lowest BCUT2D eigenvalue weighted by molar-refractivity contribution is -0.870. The summed E-state index contributed by atoms with van der Waals surface area (Å²) in [4.78, 5) is 23.4. The number of nitrogens with one attached hydrogen (secondary N) is 1. The maximum Gasteiger partial charge on any atom is 0.472 e. The highest BCUT2D eigenvalue weighted by atomic mass is 31.2. The molecule has 0 aromatic rings. The van der Waals surface area contributed by atoms with Crippen molar-refractivity contribution in [1.82, 2.24) is 5.32 Å². The monoisotopic (exact) mass is 1040 g/mol. The molecule has 3 N–H and O–H groups in total. The van der Waals surface area contributed by atoms with Crippen molar-refractivity contribution in [3.05, 3.63) is 36.5 Å². The molecule has 3 atom stereocenters. The molecule has 0 aromatic heterocycles. The molecule has 0 aliphatic heterocycles. The third-order valence-electron chi connectivity index (χ3n) is 14.4. The molecule has 1 amide bonds. The zero-order valence-corrected chi connectivity index (χ0v) is 49.6. The Morgan fingerprint density at radius 2 is 0.792 bits per heavy atom. The van der Waals surface area contributed by atoms with E-state index in [0.717, 1.165) is 64.2 Å². The van der Waals surface area contributed by atoms with E-state index in [1.165, 1.54) is 218 Å². The van der Waals surface area contributed by atoms with E-state index in [-0.39, 0.29) is 19.1 Å². The first-order valence-electron chi connectivity index (χ1n) is 31.4. The number of carbonyl (C=O) groups is 1. The number of hydrogen-bond donors (Lipinski definition) is 3.